The summed E-state index contributed by atoms with van der Waals surface area (Å²) in [5.74, 6) is 1.43. The van der Waals surface area contributed by atoms with Crippen LogP contribution >= 0.6 is 23.2 Å². The SMILES string of the molecule is CCOc1cc(/C=N\NC(=O)c2ccc(OC)cc2)ccc1OCc1c(Cl)cccc1Cl. The van der Waals surface area contributed by atoms with Crippen LogP contribution in [0.3, 0.4) is 0 Å². The summed E-state index contributed by atoms with van der Waals surface area (Å²) in [6.45, 7) is 2.53. The first-order valence-electron chi connectivity index (χ1n) is 9.81. The van der Waals surface area contributed by atoms with Crippen molar-refractivity contribution in [3.05, 3.63) is 87.4 Å². The van der Waals surface area contributed by atoms with E-state index in [-0.39, 0.29) is 12.5 Å². The molecule has 3 aromatic carbocycles. The van der Waals surface area contributed by atoms with Crippen LogP contribution in [0.5, 0.6) is 17.2 Å². The Hall–Kier alpha value is -3.22. The highest BCUT2D eigenvalue weighted by Crippen LogP contribution is 2.31. The van der Waals surface area contributed by atoms with Crippen molar-refractivity contribution in [1.82, 2.24) is 5.43 Å². The van der Waals surface area contributed by atoms with Gasteiger partial charge in [0.2, 0.25) is 0 Å². The van der Waals surface area contributed by atoms with Gasteiger partial charge in [0, 0.05) is 21.2 Å². The number of carbonyl (C=O) groups excluding carboxylic acids is 1. The maximum Gasteiger partial charge on any atom is 0.271 e. The molecule has 166 valence electrons. The first kappa shape index (κ1) is 23.4. The quantitative estimate of drug-likeness (QED) is 0.318. The van der Waals surface area contributed by atoms with Crippen molar-refractivity contribution < 1.29 is 19.0 Å². The molecule has 0 heterocycles. The maximum absolute atomic E-state index is 12.2. The zero-order valence-electron chi connectivity index (χ0n) is 17.6. The molecule has 8 heteroatoms. The average molecular weight is 473 g/mol. The number of hydrazone groups is 1. The lowest BCUT2D eigenvalue weighted by atomic mass is 10.2. The Kier molecular flexibility index (Phi) is 8.36. The fourth-order valence-corrected chi connectivity index (χ4v) is 3.29. The van der Waals surface area contributed by atoms with Crippen LogP contribution in [-0.4, -0.2) is 25.8 Å². The molecule has 0 aliphatic heterocycles. The lowest BCUT2D eigenvalue weighted by Gasteiger charge is -2.14. The van der Waals surface area contributed by atoms with E-state index < -0.39 is 0 Å². The van der Waals surface area contributed by atoms with E-state index in [2.05, 4.69) is 10.5 Å². The van der Waals surface area contributed by atoms with Gasteiger partial charge in [0.25, 0.3) is 5.91 Å². The first-order chi connectivity index (χ1) is 15.5. The van der Waals surface area contributed by atoms with Crippen molar-refractivity contribution >= 4 is 35.3 Å². The van der Waals surface area contributed by atoms with Crippen molar-refractivity contribution in [2.75, 3.05) is 13.7 Å². The molecule has 3 aromatic rings. The van der Waals surface area contributed by atoms with Gasteiger partial charge in [-0.3, -0.25) is 4.79 Å². The minimum absolute atomic E-state index is 0.198. The van der Waals surface area contributed by atoms with Crippen LogP contribution in [0.25, 0.3) is 0 Å². The van der Waals surface area contributed by atoms with Gasteiger partial charge in [0.15, 0.2) is 11.5 Å². The molecule has 0 saturated carbocycles. The maximum atomic E-state index is 12.2. The summed E-state index contributed by atoms with van der Waals surface area (Å²) in [5.41, 5.74) is 4.40. The lowest BCUT2D eigenvalue weighted by Crippen LogP contribution is -2.17. The van der Waals surface area contributed by atoms with Gasteiger partial charge in [-0.15, -0.1) is 0 Å². The third-order valence-corrected chi connectivity index (χ3v) is 5.14. The molecule has 3 rings (SSSR count). The largest absolute Gasteiger partial charge is 0.497 e. The molecule has 0 spiro atoms. The Morgan fingerprint density at radius 1 is 1.00 bits per heavy atom. The Balaban J connectivity index is 1.67. The van der Waals surface area contributed by atoms with E-state index in [0.717, 1.165) is 5.56 Å². The Morgan fingerprint density at radius 2 is 1.72 bits per heavy atom. The topological polar surface area (TPSA) is 69.2 Å². The molecular formula is C24H22Cl2N2O4. The number of benzene rings is 3. The number of amides is 1. The van der Waals surface area contributed by atoms with E-state index in [1.54, 1.807) is 67.8 Å². The number of halogens is 2. The van der Waals surface area contributed by atoms with E-state index in [9.17, 15) is 4.79 Å². The molecular weight excluding hydrogens is 451 g/mol. The number of nitrogens with one attached hydrogen (secondary N) is 1. The number of ether oxygens (including phenoxy) is 3. The summed E-state index contributed by atoms with van der Waals surface area (Å²) in [5, 5.41) is 5.09. The molecule has 1 amide bonds. The number of methoxy groups -OCH3 is 1. The van der Waals surface area contributed by atoms with E-state index in [4.69, 9.17) is 37.4 Å². The standard InChI is InChI=1S/C24H22Cl2N2O4/c1-3-31-23-13-16(14-27-28-24(29)17-8-10-18(30-2)11-9-17)7-12-22(23)32-15-19-20(25)5-4-6-21(19)26/h4-14H,3,15H2,1-2H3,(H,28,29)/b27-14-. The van der Waals surface area contributed by atoms with Crippen LogP contribution in [-0.2, 0) is 6.61 Å². The van der Waals surface area contributed by atoms with Gasteiger partial charge in [0.1, 0.15) is 12.4 Å². The summed E-state index contributed by atoms with van der Waals surface area (Å²) >= 11 is 12.4. The molecule has 0 aliphatic rings. The van der Waals surface area contributed by atoms with E-state index in [1.807, 2.05) is 6.92 Å². The molecule has 0 saturated heterocycles. The van der Waals surface area contributed by atoms with E-state index in [1.165, 1.54) is 6.21 Å². The Labute approximate surface area is 196 Å². The van der Waals surface area contributed by atoms with E-state index >= 15 is 0 Å². The molecule has 0 unspecified atom stereocenters. The smallest absolute Gasteiger partial charge is 0.271 e. The fraction of sp³-hybridized carbons (Fsp3) is 0.167. The van der Waals surface area contributed by atoms with Crippen molar-refractivity contribution in [3.8, 4) is 17.2 Å². The Morgan fingerprint density at radius 3 is 2.38 bits per heavy atom. The van der Waals surface area contributed by atoms with Gasteiger partial charge < -0.3 is 14.2 Å². The van der Waals surface area contributed by atoms with Crippen LogP contribution in [0.4, 0.5) is 0 Å². The number of rotatable bonds is 9. The number of hydrogen-bond donors (Lipinski definition) is 1. The van der Waals surface area contributed by atoms with Crippen LogP contribution < -0.4 is 19.6 Å². The zero-order chi connectivity index (χ0) is 22.9. The van der Waals surface area contributed by atoms with Crippen molar-refractivity contribution in [2.45, 2.75) is 13.5 Å². The number of nitrogens with zero attached hydrogens (tertiary/aromatic N) is 1. The summed E-state index contributed by atoms with van der Waals surface area (Å²) < 4.78 is 16.7. The van der Waals surface area contributed by atoms with Gasteiger partial charge in [0.05, 0.1) is 19.9 Å². The van der Waals surface area contributed by atoms with Crippen molar-refractivity contribution in [2.24, 2.45) is 5.10 Å². The highest BCUT2D eigenvalue weighted by atomic mass is 35.5. The molecule has 0 aromatic heterocycles. The highest BCUT2D eigenvalue weighted by molar-refractivity contribution is 6.35. The van der Waals surface area contributed by atoms with Gasteiger partial charge in [-0.2, -0.15) is 5.10 Å². The minimum Gasteiger partial charge on any atom is -0.497 e. The zero-order valence-corrected chi connectivity index (χ0v) is 19.1. The van der Waals surface area contributed by atoms with Crippen molar-refractivity contribution in [3.63, 3.8) is 0 Å². The highest BCUT2D eigenvalue weighted by Gasteiger charge is 2.10. The monoisotopic (exact) mass is 472 g/mol. The van der Waals surface area contributed by atoms with Gasteiger partial charge in [-0.05, 0) is 67.1 Å². The van der Waals surface area contributed by atoms with E-state index in [0.29, 0.717) is 45.0 Å². The third kappa shape index (κ3) is 6.15. The average Bonchev–Trinajstić information content (AvgIpc) is 2.80. The molecule has 0 radical (unpaired) electrons. The summed E-state index contributed by atoms with van der Waals surface area (Å²) in [6, 6.07) is 17.4. The summed E-state index contributed by atoms with van der Waals surface area (Å²) in [4.78, 5) is 12.2. The second kappa shape index (κ2) is 11.4. The van der Waals surface area contributed by atoms with Crippen LogP contribution in [0.2, 0.25) is 10.0 Å². The second-order valence-electron chi connectivity index (χ2n) is 6.56. The molecule has 32 heavy (non-hydrogen) atoms. The normalized spacial score (nSPS) is 10.8. The second-order valence-corrected chi connectivity index (χ2v) is 7.37. The molecule has 6 nitrogen and oxygen atoms in total. The summed E-state index contributed by atoms with van der Waals surface area (Å²) in [7, 11) is 1.57. The predicted octanol–water partition coefficient (Wildman–Crippen LogP) is 5.74. The predicted molar refractivity (Wildman–Crippen MR) is 126 cm³/mol. The van der Waals surface area contributed by atoms with Crippen LogP contribution in [0, 0.1) is 0 Å². The minimum atomic E-state index is -0.328. The number of hydrogen-bond acceptors (Lipinski definition) is 5. The van der Waals surface area contributed by atoms with Crippen LogP contribution in [0.1, 0.15) is 28.4 Å². The van der Waals surface area contributed by atoms with Crippen molar-refractivity contribution in [1.29, 1.82) is 0 Å². The molecule has 1 N–H and O–H groups in total. The first-order valence-corrected chi connectivity index (χ1v) is 10.6. The van der Waals surface area contributed by atoms with Gasteiger partial charge in [-0.1, -0.05) is 29.3 Å². The fourth-order valence-electron chi connectivity index (χ4n) is 2.79. The Bertz CT molecular complexity index is 1080. The van der Waals surface area contributed by atoms with Gasteiger partial charge >= 0.3 is 0 Å². The van der Waals surface area contributed by atoms with Gasteiger partial charge in [-0.25, -0.2) is 5.43 Å². The van der Waals surface area contributed by atoms with Crippen LogP contribution in [0.15, 0.2) is 65.8 Å². The number of carbonyl (C=O) groups is 1. The third-order valence-electron chi connectivity index (χ3n) is 4.43. The lowest BCUT2D eigenvalue weighted by molar-refractivity contribution is 0.0955. The molecule has 0 fully saturated rings. The summed E-state index contributed by atoms with van der Waals surface area (Å²) in [6.07, 6.45) is 1.53. The molecule has 0 bridgehead atoms. The molecule has 0 atom stereocenters. The molecule has 0 aliphatic carbocycles.